The van der Waals surface area contributed by atoms with Gasteiger partial charge in [-0.2, -0.15) is 0 Å². The molecule has 0 unspecified atom stereocenters. The summed E-state index contributed by atoms with van der Waals surface area (Å²) in [6.45, 7) is -0.106. The van der Waals surface area contributed by atoms with E-state index in [1.807, 2.05) is 12.1 Å². The van der Waals surface area contributed by atoms with Crippen molar-refractivity contribution in [1.82, 2.24) is 4.90 Å². The van der Waals surface area contributed by atoms with Gasteiger partial charge in [0.2, 0.25) is 5.91 Å². The van der Waals surface area contributed by atoms with Crippen molar-refractivity contribution in [2.75, 3.05) is 18.9 Å². The molecule has 2 amide bonds. The third-order valence-corrected chi connectivity index (χ3v) is 4.63. The number of halogens is 3. The summed E-state index contributed by atoms with van der Waals surface area (Å²) in [5.41, 5.74) is 0.898. The SMILES string of the molecule is CN(CC(=O)Nc1c(Cl)cccc1Cl)C(=O)c1ccccc1I. The molecule has 0 bridgehead atoms. The van der Waals surface area contributed by atoms with Crippen LogP contribution in [0.15, 0.2) is 42.5 Å². The van der Waals surface area contributed by atoms with Gasteiger partial charge in [-0.25, -0.2) is 0 Å². The third kappa shape index (κ3) is 4.59. The summed E-state index contributed by atoms with van der Waals surface area (Å²) in [5.74, 6) is -0.600. The van der Waals surface area contributed by atoms with E-state index in [-0.39, 0.29) is 18.4 Å². The third-order valence-electron chi connectivity index (χ3n) is 3.06. The second-order valence-electron chi connectivity index (χ2n) is 4.79. The Morgan fingerprint density at radius 1 is 1.09 bits per heavy atom. The summed E-state index contributed by atoms with van der Waals surface area (Å²) in [6.07, 6.45) is 0. The van der Waals surface area contributed by atoms with Gasteiger partial charge in [0.05, 0.1) is 27.8 Å². The topological polar surface area (TPSA) is 49.4 Å². The fraction of sp³-hybridized carbons (Fsp3) is 0.125. The first-order valence-corrected chi connectivity index (χ1v) is 8.47. The lowest BCUT2D eigenvalue weighted by Gasteiger charge is -2.18. The molecule has 0 spiro atoms. The first-order valence-electron chi connectivity index (χ1n) is 6.64. The number of carbonyl (C=O) groups is 2. The van der Waals surface area contributed by atoms with Crippen molar-refractivity contribution in [2.45, 2.75) is 0 Å². The van der Waals surface area contributed by atoms with Crippen molar-refractivity contribution in [3.05, 3.63) is 61.6 Å². The van der Waals surface area contributed by atoms with E-state index in [0.717, 1.165) is 3.57 Å². The number of hydrogen-bond acceptors (Lipinski definition) is 2. The number of hydrogen-bond donors (Lipinski definition) is 1. The number of amides is 2. The first-order chi connectivity index (χ1) is 10.9. The van der Waals surface area contributed by atoms with Crippen molar-refractivity contribution < 1.29 is 9.59 Å². The number of nitrogens with zero attached hydrogens (tertiary/aromatic N) is 1. The molecular weight excluding hydrogens is 450 g/mol. The Bertz CT molecular complexity index is 732. The van der Waals surface area contributed by atoms with Gasteiger partial charge in [0, 0.05) is 10.6 Å². The quantitative estimate of drug-likeness (QED) is 0.688. The Morgan fingerprint density at radius 2 is 1.70 bits per heavy atom. The van der Waals surface area contributed by atoms with Crippen LogP contribution >= 0.6 is 45.8 Å². The molecule has 4 nitrogen and oxygen atoms in total. The number of benzene rings is 2. The van der Waals surface area contributed by atoms with Crippen molar-refractivity contribution >= 4 is 63.3 Å². The molecule has 0 saturated heterocycles. The lowest BCUT2D eigenvalue weighted by Crippen LogP contribution is -2.35. The summed E-state index contributed by atoms with van der Waals surface area (Å²) < 4.78 is 0.830. The van der Waals surface area contributed by atoms with Gasteiger partial charge < -0.3 is 10.2 Å². The predicted molar refractivity (Wildman–Crippen MR) is 101 cm³/mol. The second-order valence-corrected chi connectivity index (χ2v) is 6.76. The minimum Gasteiger partial charge on any atom is -0.332 e. The van der Waals surface area contributed by atoms with Crippen LogP contribution in [0, 0.1) is 3.57 Å². The Labute approximate surface area is 157 Å². The van der Waals surface area contributed by atoms with E-state index < -0.39 is 0 Å². The average Bonchev–Trinajstić information content (AvgIpc) is 2.51. The summed E-state index contributed by atoms with van der Waals surface area (Å²) >= 11 is 14.1. The van der Waals surface area contributed by atoms with E-state index in [1.165, 1.54) is 4.90 Å². The maximum Gasteiger partial charge on any atom is 0.255 e. The molecule has 1 N–H and O–H groups in total. The fourth-order valence-electron chi connectivity index (χ4n) is 1.92. The predicted octanol–water partition coefficient (Wildman–Crippen LogP) is 4.31. The molecule has 2 aromatic carbocycles. The maximum absolute atomic E-state index is 12.4. The van der Waals surface area contributed by atoms with Crippen LogP contribution in [0.4, 0.5) is 5.69 Å². The van der Waals surface area contributed by atoms with Crippen molar-refractivity contribution in [3.8, 4) is 0 Å². The van der Waals surface area contributed by atoms with Gasteiger partial charge in [-0.05, 0) is 46.9 Å². The molecule has 23 heavy (non-hydrogen) atoms. The molecule has 2 rings (SSSR count). The minimum absolute atomic E-state index is 0.106. The molecule has 0 aliphatic heterocycles. The molecule has 0 atom stereocenters. The van der Waals surface area contributed by atoms with E-state index in [2.05, 4.69) is 27.9 Å². The molecule has 2 aromatic rings. The van der Waals surface area contributed by atoms with Gasteiger partial charge in [-0.15, -0.1) is 0 Å². The zero-order chi connectivity index (χ0) is 17.0. The first kappa shape index (κ1) is 18.0. The normalized spacial score (nSPS) is 10.3. The summed E-state index contributed by atoms with van der Waals surface area (Å²) in [6, 6.07) is 12.1. The largest absolute Gasteiger partial charge is 0.332 e. The van der Waals surface area contributed by atoms with Crippen LogP contribution in [0.1, 0.15) is 10.4 Å². The second kappa shape index (κ2) is 7.99. The Hall–Kier alpha value is -1.31. The highest BCUT2D eigenvalue weighted by Crippen LogP contribution is 2.29. The molecule has 0 aromatic heterocycles. The molecule has 0 aliphatic rings. The van der Waals surface area contributed by atoms with Crippen LogP contribution in [0.5, 0.6) is 0 Å². The molecule has 7 heteroatoms. The number of likely N-dealkylation sites (N-methyl/N-ethyl adjacent to an activating group) is 1. The lowest BCUT2D eigenvalue weighted by atomic mass is 10.2. The highest BCUT2D eigenvalue weighted by Gasteiger charge is 2.18. The molecule has 120 valence electrons. The monoisotopic (exact) mass is 462 g/mol. The standard InChI is InChI=1S/C16H13Cl2IN2O2/c1-21(16(23)10-5-2-3-8-13(10)19)9-14(22)20-15-11(17)6-4-7-12(15)18/h2-8H,9H2,1H3,(H,20,22). The molecule has 0 fully saturated rings. The minimum atomic E-state index is -0.373. The van der Waals surface area contributed by atoms with Crippen molar-refractivity contribution in [2.24, 2.45) is 0 Å². The summed E-state index contributed by atoms with van der Waals surface area (Å²) in [4.78, 5) is 25.8. The number of carbonyl (C=O) groups excluding carboxylic acids is 2. The fourth-order valence-corrected chi connectivity index (χ4v) is 3.03. The highest BCUT2D eigenvalue weighted by atomic mass is 127. The number of rotatable bonds is 4. The van der Waals surface area contributed by atoms with Crippen LogP contribution in [-0.4, -0.2) is 30.3 Å². The van der Waals surface area contributed by atoms with Crippen LogP contribution in [-0.2, 0) is 4.79 Å². The van der Waals surface area contributed by atoms with Gasteiger partial charge in [0.1, 0.15) is 0 Å². The average molecular weight is 463 g/mol. The van der Waals surface area contributed by atoms with Gasteiger partial charge >= 0.3 is 0 Å². The summed E-state index contributed by atoms with van der Waals surface area (Å²) in [7, 11) is 1.57. The van der Waals surface area contributed by atoms with Gasteiger partial charge in [-0.3, -0.25) is 9.59 Å². The Morgan fingerprint density at radius 3 is 2.30 bits per heavy atom. The highest BCUT2D eigenvalue weighted by molar-refractivity contribution is 14.1. The molecule has 0 heterocycles. The molecule has 0 radical (unpaired) electrons. The molecule has 0 saturated carbocycles. The van der Waals surface area contributed by atoms with Gasteiger partial charge in [-0.1, -0.05) is 41.4 Å². The van der Waals surface area contributed by atoms with Gasteiger partial charge in [0.25, 0.3) is 5.91 Å². The van der Waals surface area contributed by atoms with E-state index >= 15 is 0 Å². The zero-order valence-electron chi connectivity index (χ0n) is 12.1. The lowest BCUT2D eigenvalue weighted by molar-refractivity contribution is -0.116. The van der Waals surface area contributed by atoms with Gasteiger partial charge in [0.15, 0.2) is 0 Å². The summed E-state index contributed by atoms with van der Waals surface area (Å²) in [5, 5.41) is 3.32. The van der Waals surface area contributed by atoms with E-state index in [1.54, 1.807) is 37.4 Å². The van der Waals surface area contributed by atoms with Crippen LogP contribution in [0.25, 0.3) is 0 Å². The van der Waals surface area contributed by atoms with E-state index in [4.69, 9.17) is 23.2 Å². The maximum atomic E-state index is 12.4. The molecule has 0 aliphatic carbocycles. The smallest absolute Gasteiger partial charge is 0.255 e. The van der Waals surface area contributed by atoms with E-state index in [0.29, 0.717) is 21.3 Å². The van der Waals surface area contributed by atoms with Crippen LogP contribution in [0.3, 0.4) is 0 Å². The number of para-hydroxylation sites is 1. The van der Waals surface area contributed by atoms with E-state index in [9.17, 15) is 9.59 Å². The Balaban J connectivity index is 2.05. The zero-order valence-corrected chi connectivity index (χ0v) is 15.8. The number of nitrogens with one attached hydrogen (secondary N) is 1. The van der Waals surface area contributed by atoms with Crippen molar-refractivity contribution in [3.63, 3.8) is 0 Å². The molecular formula is C16H13Cl2IN2O2. The van der Waals surface area contributed by atoms with Crippen LogP contribution in [0.2, 0.25) is 10.0 Å². The van der Waals surface area contributed by atoms with Crippen LogP contribution < -0.4 is 5.32 Å². The Kier molecular flexibility index (Phi) is 6.26. The van der Waals surface area contributed by atoms with Crippen molar-refractivity contribution in [1.29, 1.82) is 0 Å². The number of anilines is 1.